The Labute approximate surface area is 190 Å². The number of nitrogens with zero attached hydrogens (tertiary/aromatic N) is 1. The van der Waals surface area contributed by atoms with Crippen LogP contribution in [0.1, 0.15) is 37.8 Å². The van der Waals surface area contributed by atoms with Gasteiger partial charge in [0.15, 0.2) is 0 Å². The molecule has 0 radical (unpaired) electrons. The zero-order valence-electron chi connectivity index (χ0n) is 18.9. The third-order valence-corrected chi connectivity index (χ3v) is 5.99. The zero-order chi connectivity index (χ0) is 22.9. The predicted octanol–water partition coefficient (Wildman–Crippen LogP) is 4.21. The molecule has 0 bridgehead atoms. The van der Waals surface area contributed by atoms with Crippen molar-refractivity contribution in [1.82, 2.24) is 4.90 Å². The lowest BCUT2D eigenvalue weighted by atomic mass is 9.92. The highest BCUT2D eigenvalue weighted by Gasteiger charge is 2.41. The number of hydrogen-bond acceptors (Lipinski definition) is 5. The summed E-state index contributed by atoms with van der Waals surface area (Å²) in [6.45, 7) is 5.04. The van der Waals surface area contributed by atoms with Crippen molar-refractivity contribution in [3.8, 4) is 0 Å². The summed E-state index contributed by atoms with van der Waals surface area (Å²) >= 11 is 0. The van der Waals surface area contributed by atoms with Crippen LogP contribution in [0.3, 0.4) is 0 Å². The van der Waals surface area contributed by atoms with Crippen LogP contribution in [0.4, 0.5) is 4.79 Å². The van der Waals surface area contributed by atoms with E-state index >= 15 is 0 Å². The third-order valence-electron chi connectivity index (χ3n) is 5.99. The van der Waals surface area contributed by atoms with E-state index in [-0.39, 0.29) is 24.5 Å². The Morgan fingerprint density at radius 1 is 1.09 bits per heavy atom. The van der Waals surface area contributed by atoms with Gasteiger partial charge in [0, 0.05) is 6.61 Å². The number of hydrogen-bond donors (Lipinski definition) is 1. The first-order chi connectivity index (χ1) is 15.5. The van der Waals surface area contributed by atoms with E-state index in [2.05, 4.69) is 0 Å². The summed E-state index contributed by atoms with van der Waals surface area (Å²) in [5.74, 6) is -0.887. The average molecular weight is 440 g/mol. The first kappa shape index (κ1) is 24.0. The molecule has 6 heteroatoms. The van der Waals surface area contributed by atoms with E-state index in [0.717, 1.165) is 17.5 Å². The second kappa shape index (κ2) is 11.8. The minimum Gasteiger partial charge on any atom is -0.447 e. The Kier molecular flexibility index (Phi) is 8.82. The lowest BCUT2D eigenvalue weighted by Gasteiger charge is -2.27. The van der Waals surface area contributed by atoms with Crippen molar-refractivity contribution in [2.24, 2.45) is 11.8 Å². The summed E-state index contributed by atoms with van der Waals surface area (Å²) in [6, 6.07) is 19.3. The molecule has 1 heterocycles. The molecule has 0 spiro atoms. The molecule has 2 amide bonds. The molecule has 1 aliphatic rings. The molecule has 3 rings (SSSR count). The molecule has 172 valence electrons. The standard InChI is InChI=1S/C26H33NO5/c1-19(13-14-31-17-22-11-7-4-8-12-22)15-24(28)20(2)25(29)27-23(18-32-26(27)30)16-21-9-5-3-6-10-21/h3-12,19-20,23-24,28H,13-18H2,1-2H3/t19-,20+,23+,24-/m0/s1. The van der Waals surface area contributed by atoms with Crippen LogP contribution in [0.5, 0.6) is 0 Å². The van der Waals surface area contributed by atoms with Crippen molar-refractivity contribution in [3.05, 3.63) is 71.8 Å². The fraction of sp³-hybridized carbons (Fsp3) is 0.462. The van der Waals surface area contributed by atoms with Crippen molar-refractivity contribution >= 4 is 12.0 Å². The van der Waals surface area contributed by atoms with E-state index in [4.69, 9.17) is 9.47 Å². The molecule has 4 atom stereocenters. The number of carbonyl (C=O) groups is 2. The second-order valence-electron chi connectivity index (χ2n) is 8.65. The number of imide groups is 1. The number of benzene rings is 2. The normalized spacial score (nSPS) is 18.8. The number of ether oxygens (including phenoxy) is 2. The van der Waals surface area contributed by atoms with E-state index in [9.17, 15) is 14.7 Å². The van der Waals surface area contributed by atoms with Crippen LogP contribution < -0.4 is 0 Å². The van der Waals surface area contributed by atoms with Gasteiger partial charge in [-0.1, -0.05) is 74.5 Å². The molecule has 2 aromatic carbocycles. The van der Waals surface area contributed by atoms with Gasteiger partial charge in [-0.2, -0.15) is 0 Å². The molecule has 1 aliphatic heterocycles. The molecule has 32 heavy (non-hydrogen) atoms. The van der Waals surface area contributed by atoms with Crippen LogP contribution >= 0.6 is 0 Å². The number of rotatable bonds is 11. The minimum atomic E-state index is -0.836. The maximum atomic E-state index is 13.0. The lowest BCUT2D eigenvalue weighted by molar-refractivity contribution is -0.136. The number of carbonyl (C=O) groups excluding carboxylic acids is 2. The summed E-state index contributed by atoms with van der Waals surface area (Å²) in [5, 5.41) is 10.7. The van der Waals surface area contributed by atoms with Crippen LogP contribution in [0, 0.1) is 11.8 Å². The average Bonchev–Trinajstić information content (AvgIpc) is 3.16. The van der Waals surface area contributed by atoms with Crippen molar-refractivity contribution in [2.75, 3.05) is 13.2 Å². The highest BCUT2D eigenvalue weighted by molar-refractivity contribution is 5.94. The first-order valence-corrected chi connectivity index (χ1v) is 11.3. The van der Waals surface area contributed by atoms with Crippen LogP contribution in [-0.2, 0) is 27.3 Å². The summed E-state index contributed by atoms with van der Waals surface area (Å²) in [5.41, 5.74) is 2.16. The van der Waals surface area contributed by atoms with Crippen molar-refractivity contribution in [3.63, 3.8) is 0 Å². The summed E-state index contributed by atoms with van der Waals surface area (Å²) < 4.78 is 10.9. The molecule has 0 unspecified atom stereocenters. The highest BCUT2D eigenvalue weighted by atomic mass is 16.6. The van der Waals surface area contributed by atoms with Gasteiger partial charge in [-0.15, -0.1) is 0 Å². The van der Waals surface area contributed by atoms with Gasteiger partial charge in [-0.25, -0.2) is 9.69 Å². The number of amides is 2. The van der Waals surface area contributed by atoms with E-state index in [0.29, 0.717) is 26.1 Å². The molecule has 2 aromatic rings. The van der Waals surface area contributed by atoms with Crippen molar-refractivity contribution in [1.29, 1.82) is 0 Å². The van der Waals surface area contributed by atoms with Gasteiger partial charge < -0.3 is 14.6 Å². The Bertz CT molecular complexity index is 857. The highest BCUT2D eigenvalue weighted by Crippen LogP contribution is 2.24. The van der Waals surface area contributed by atoms with Gasteiger partial charge >= 0.3 is 6.09 Å². The van der Waals surface area contributed by atoms with E-state index in [1.54, 1.807) is 6.92 Å². The third kappa shape index (κ3) is 6.65. The molecule has 1 saturated heterocycles. The molecule has 6 nitrogen and oxygen atoms in total. The van der Waals surface area contributed by atoms with Crippen LogP contribution in [-0.4, -0.2) is 47.4 Å². The van der Waals surface area contributed by atoms with Gasteiger partial charge in [0.1, 0.15) is 6.61 Å². The monoisotopic (exact) mass is 439 g/mol. The molecule has 0 saturated carbocycles. The SMILES string of the molecule is C[C@@H](CCOCc1ccccc1)C[C@H](O)[C@@H](C)C(=O)N1C(=O)OC[C@H]1Cc1ccccc1. The Hall–Kier alpha value is -2.70. The Morgan fingerprint density at radius 2 is 1.72 bits per heavy atom. The molecule has 0 aliphatic carbocycles. The van der Waals surface area contributed by atoms with Crippen molar-refractivity contribution < 1.29 is 24.2 Å². The maximum absolute atomic E-state index is 13.0. The van der Waals surface area contributed by atoms with Gasteiger partial charge in [-0.05, 0) is 36.3 Å². The number of aliphatic hydroxyl groups excluding tert-OH is 1. The minimum absolute atomic E-state index is 0.178. The van der Waals surface area contributed by atoms with Crippen LogP contribution in [0.2, 0.25) is 0 Å². The number of cyclic esters (lactones) is 1. The van der Waals surface area contributed by atoms with Gasteiger partial charge in [0.25, 0.3) is 0 Å². The van der Waals surface area contributed by atoms with Gasteiger partial charge in [0.2, 0.25) is 5.91 Å². The largest absolute Gasteiger partial charge is 0.447 e. The summed E-state index contributed by atoms with van der Waals surface area (Å²) in [7, 11) is 0. The topological polar surface area (TPSA) is 76.1 Å². The molecular weight excluding hydrogens is 406 g/mol. The fourth-order valence-electron chi connectivity index (χ4n) is 3.93. The van der Waals surface area contributed by atoms with Gasteiger partial charge in [-0.3, -0.25) is 4.79 Å². The van der Waals surface area contributed by atoms with Crippen LogP contribution in [0.15, 0.2) is 60.7 Å². The maximum Gasteiger partial charge on any atom is 0.416 e. The van der Waals surface area contributed by atoms with E-state index in [1.165, 1.54) is 4.90 Å². The molecule has 1 fully saturated rings. The Balaban J connectivity index is 1.46. The Morgan fingerprint density at radius 3 is 2.38 bits per heavy atom. The van der Waals surface area contributed by atoms with E-state index < -0.39 is 18.1 Å². The lowest BCUT2D eigenvalue weighted by Crippen LogP contribution is -2.46. The summed E-state index contributed by atoms with van der Waals surface area (Å²) in [4.78, 5) is 26.5. The quantitative estimate of drug-likeness (QED) is 0.531. The van der Waals surface area contributed by atoms with Crippen molar-refractivity contribution in [2.45, 2.75) is 51.9 Å². The number of aliphatic hydroxyl groups is 1. The summed E-state index contributed by atoms with van der Waals surface area (Å²) in [6.07, 6.45) is 0.326. The molecule has 1 N–H and O–H groups in total. The predicted molar refractivity (Wildman–Crippen MR) is 122 cm³/mol. The zero-order valence-corrected chi connectivity index (χ0v) is 18.9. The first-order valence-electron chi connectivity index (χ1n) is 11.3. The van der Waals surface area contributed by atoms with Crippen LogP contribution in [0.25, 0.3) is 0 Å². The van der Waals surface area contributed by atoms with E-state index in [1.807, 2.05) is 67.6 Å². The second-order valence-corrected chi connectivity index (χ2v) is 8.65. The van der Waals surface area contributed by atoms with Gasteiger partial charge in [0.05, 0.1) is 24.7 Å². The fourth-order valence-corrected chi connectivity index (χ4v) is 3.93. The smallest absolute Gasteiger partial charge is 0.416 e. The molecular formula is C26H33NO5. The molecule has 0 aromatic heterocycles.